The molecule has 1 nitrogen and oxygen atoms in total. The number of para-hydroxylation sites is 1. The second-order valence-electron chi connectivity index (χ2n) is 5.74. The number of rotatable bonds is 2. The summed E-state index contributed by atoms with van der Waals surface area (Å²) >= 11 is 0. The van der Waals surface area contributed by atoms with E-state index < -0.39 is 0 Å². The van der Waals surface area contributed by atoms with Crippen molar-refractivity contribution in [2.45, 2.75) is 25.8 Å². The van der Waals surface area contributed by atoms with E-state index in [9.17, 15) is 0 Å². The van der Waals surface area contributed by atoms with Crippen LogP contribution in [0, 0.1) is 0 Å². The van der Waals surface area contributed by atoms with Gasteiger partial charge in [0.1, 0.15) is 0 Å². The van der Waals surface area contributed by atoms with Crippen LogP contribution in [-0.4, -0.2) is 6.54 Å². The lowest BCUT2D eigenvalue weighted by atomic mass is 9.87. The second kappa shape index (κ2) is 4.16. The predicted molar refractivity (Wildman–Crippen MR) is 77.0 cm³/mol. The van der Waals surface area contributed by atoms with Crippen LogP contribution in [0.2, 0.25) is 0 Å². The molecule has 0 bridgehead atoms. The van der Waals surface area contributed by atoms with Gasteiger partial charge in [-0.15, -0.1) is 0 Å². The van der Waals surface area contributed by atoms with Gasteiger partial charge in [0, 0.05) is 24.2 Å². The molecule has 92 valence electrons. The van der Waals surface area contributed by atoms with Gasteiger partial charge in [-0.1, -0.05) is 62.4 Å². The van der Waals surface area contributed by atoms with Gasteiger partial charge in [-0.05, 0) is 17.2 Å². The molecule has 0 N–H and O–H groups in total. The Morgan fingerprint density at radius 1 is 0.944 bits per heavy atom. The molecule has 0 atom stereocenters. The zero-order chi connectivity index (χ0) is 12.6. The van der Waals surface area contributed by atoms with E-state index in [4.69, 9.17) is 0 Å². The van der Waals surface area contributed by atoms with E-state index in [2.05, 4.69) is 73.3 Å². The smallest absolute Gasteiger partial charge is 0.0429 e. The SMILES string of the molecule is CC1(C)CN(Cc2ccccc2)c2ccccc21. The van der Waals surface area contributed by atoms with E-state index in [1.165, 1.54) is 16.8 Å². The molecule has 0 spiro atoms. The van der Waals surface area contributed by atoms with Gasteiger partial charge in [0.2, 0.25) is 0 Å². The summed E-state index contributed by atoms with van der Waals surface area (Å²) in [6.45, 7) is 6.76. The molecule has 1 heteroatoms. The number of benzene rings is 2. The molecular weight excluding hydrogens is 218 g/mol. The van der Waals surface area contributed by atoms with Gasteiger partial charge in [0.25, 0.3) is 0 Å². The third-order valence-electron chi connectivity index (χ3n) is 3.78. The molecule has 2 aromatic carbocycles. The molecule has 1 aliphatic rings. The number of anilines is 1. The third kappa shape index (κ3) is 1.90. The lowest BCUT2D eigenvalue weighted by Crippen LogP contribution is -2.28. The second-order valence-corrected chi connectivity index (χ2v) is 5.74. The number of hydrogen-bond acceptors (Lipinski definition) is 1. The fourth-order valence-corrected chi connectivity index (χ4v) is 2.91. The highest BCUT2D eigenvalue weighted by molar-refractivity contribution is 5.62. The molecule has 0 aromatic heterocycles. The molecular formula is C17H19N. The first kappa shape index (κ1) is 11.3. The average Bonchev–Trinajstić information content (AvgIpc) is 2.63. The van der Waals surface area contributed by atoms with Gasteiger partial charge in [0.05, 0.1) is 0 Å². The molecule has 0 saturated carbocycles. The van der Waals surface area contributed by atoms with Crippen LogP contribution in [0.5, 0.6) is 0 Å². The van der Waals surface area contributed by atoms with Gasteiger partial charge in [-0.25, -0.2) is 0 Å². The maximum Gasteiger partial charge on any atom is 0.0429 e. The van der Waals surface area contributed by atoms with Crippen LogP contribution >= 0.6 is 0 Å². The summed E-state index contributed by atoms with van der Waals surface area (Å²) in [6, 6.07) is 19.5. The van der Waals surface area contributed by atoms with Gasteiger partial charge in [-0.3, -0.25) is 0 Å². The van der Waals surface area contributed by atoms with Crippen molar-refractivity contribution in [2.24, 2.45) is 0 Å². The summed E-state index contributed by atoms with van der Waals surface area (Å²) in [7, 11) is 0. The topological polar surface area (TPSA) is 3.24 Å². The van der Waals surface area contributed by atoms with Gasteiger partial charge < -0.3 is 4.90 Å². The molecule has 1 aliphatic heterocycles. The monoisotopic (exact) mass is 237 g/mol. The van der Waals surface area contributed by atoms with Crippen molar-refractivity contribution in [1.29, 1.82) is 0 Å². The molecule has 18 heavy (non-hydrogen) atoms. The highest BCUT2D eigenvalue weighted by Gasteiger charge is 2.34. The zero-order valence-electron chi connectivity index (χ0n) is 11.1. The molecule has 3 rings (SSSR count). The molecule has 0 fully saturated rings. The van der Waals surface area contributed by atoms with Crippen LogP contribution < -0.4 is 4.90 Å². The van der Waals surface area contributed by atoms with Crippen LogP contribution in [0.3, 0.4) is 0 Å². The summed E-state index contributed by atoms with van der Waals surface area (Å²) < 4.78 is 0. The van der Waals surface area contributed by atoms with Crippen LogP contribution in [0.25, 0.3) is 0 Å². The van der Waals surface area contributed by atoms with Crippen molar-refractivity contribution in [3.8, 4) is 0 Å². The Kier molecular flexibility index (Phi) is 2.62. The Morgan fingerprint density at radius 2 is 1.61 bits per heavy atom. The lowest BCUT2D eigenvalue weighted by Gasteiger charge is -2.22. The van der Waals surface area contributed by atoms with Gasteiger partial charge in [0.15, 0.2) is 0 Å². The fourth-order valence-electron chi connectivity index (χ4n) is 2.91. The molecule has 0 radical (unpaired) electrons. The van der Waals surface area contributed by atoms with Crippen molar-refractivity contribution in [3.63, 3.8) is 0 Å². The van der Waals surface area contributed by atoms with Gasteiger partial charge >= 0.3 is 0 Å². The first-order valence-electron chi connectivity index (χ1n) is 6.55. The van der Waals surface area contributed by atoms with E-state index in [-0.39, 0.29) is 5.41 Å². The fraction of sp³-hybridized carbons (Fsp3) is 0.294. The minimum atomic E-state index is 0.255. The van der Waals surface area contributed by atoms with Crippen LogP contribution in [0.1, 0.15) is 25.0 Å². The van der Waals surface area contributed by atoms with Crippen molar-refractivity contribution >= 4 is 5.69 Å². The first-order chi connectivity index (χ1) is 8.67. The number of fused-ring (bicyclic) bond motifs is 1. The van der Waals surface area contributed by atoms with Crippen LogP contribution in [0.4, 0.5) is 5.69 Å². The van der Waals surface area contributed by atoms with Crippen molar-refractivity contribution in [2.75, 3.05) is 11.4 Å². The van der Waals surface area contributed by atoms with Gasteiger partial charge in [-0.2, -0.15) is 0 Å². The summed E-state index contributed by atoms with van der Waals surface area (Å²) in [4.78, 5) is 2.49. The minimum Gasteiger partial charge on any atom is -0.366 e. The van der Waals surface area contributed by atoms with E-state index in [1.54, 1.807) is 0 Å². The largest absolute Gasteiger partial charge is 0.366 e. The summed E-state index contributed by atoms with van der Waals surface area (Å²) in [5.74, 6) is 0. The summed E-state index contributed by atoms with van der Waals surface area (Å²) in [6.07, 6.45) is 0. The molecule has 0 saturated heterocycles. The third-order valence-corrected chi connectivity index (χ3v) is 3.78. The summed E-state index contributed by atoms with van der Waals surface area (Å²) in [5.41, 5.74) is 4.50. The Bertz CT molecular complexity index is 543. The highest BCUT2D eigenvalue weighted by atomic mass is 15.2. The molecule has 0 unspecified atom stereocenters. The van der Waals surface area contributed by atoms with Crippen molar-refractivity contribution in [1.82, 2.24) is 0 Å². The average molecular weight is 237 g/mol. The Balaban J connectivity index is 1.92. The Labute approximate surface area is 109 Å². The quantitative estimate of drug-likeness (QED) is 0.763. The predicted octanol–water partition coefficient (Wildman–Crippen LogP) is 3.98. The maximum atomic E-state index is 2.49. The van der Waals surface area contributed by atoms with E-state index in [0.29, 0.717) is 0 Å². The van der Waals surface area contributed by atoms with E-state index in [1.807, 2.05) is 0 Å². The minimum absolute atomic E-state index is 0.255. The zero-order valence-corrected chi connectivity index (χ0v) is 11.1. The number of nitrogens with zero attached hydrogens (tertiary/aromatic N) is 1. The highest BCUT2D eigenvalue weighted by Crippen LogP contribution is 2.40. The molecule has 0 aliphatic carbocycles. The molecule has 1 heterocycles. The number of hydrogen-bond donors (Lipinski definition) is 0. The molecule has 0 amide bonds. The van der Waals surface area contributed by atoms with Crippen LogP contribution in [-0.2, 0) is 12.0 Å². The summed E-state index contributed by atoms with van der Waals surface area (Å²) in [5, 5.41) is 0. The molecule has 2 aromatic rings. The first-order valence-corrected chi connectivity index (χ1v) is 6.55. The van der Waals surface area contributed by atoms with E-state index >= 15 is 0 Å². The van der Waals surface area contributed by atoms with Crippen molar-refractivity contribution in [3.05, 3.63) is 65.7 Å². The Hall–Kier alpha value is -1.76. The van der Waals surface area contributed by atoms with E-state index in [0.717, 1.165) is 13.1 Å². The lowest BCUT2D eigenvalue weighted by molar-refractivity contribution is 0.550. The maximum absolute atomic E-state index is 2.49. The Morgan fingerprint density at radius 3 is 2.39 bits per heavy atom. The van der Waals surface area contributed by atoms with Crippen molar-refractivity contribution < 1.29 is 0 Å². The standard InChI is InChI=1S/C17H19N/c1-17(2)13-18(12-14-8-4-3-5-9-14)16-11-7-6-10-15(16)17/h3-11H,12-13H2,1-2H3. The van der Waals surface area contributed by atoms with Crippen LogP contribution in [0.15, 0.2) is 54.6 Å². The normalized spacial score (nSPS) is 16.7.